The Morgan fingerprint density at radius 2 is 1.71 bits per heavy atom. The number of urea groups is 1. The number of rotatable bonds is 3. The largest absolute Gasteiger partial charge is 0.368 e. The minimum absolute atomic E-state index is 0.0246. The summed E-state index contributed by atoms with van der Waals surface area (Å²) in [5.74, 6) is 0.377. The third-order valence-electron chi connectivity index (χ3n) is 6.55. The number of benzene rings is 2. The number of aryl methyl sites for hydroxylation is 1. The van der Waals surface area contributed by atoms with Crippen molar-refractivity contribution in [3.8, 4) is 0 Å². The van der Waals surface area contributed by atoms with Crippen molar-refractivity contribution < 1.29 is 9.59 Å². The zero-order chi connectivity index (χ0) is 21.8. The molecule has 0 bridgehead atoms. The molecule has 0 aromatic heterocycles. The van der Waals surface area contributed by atoms with Crippen molar-refractivity contribution in [1.29, 1.82) is 0 Å². The number of amides is 3. The van der Waals surface area contributed by atoms with Crippen molar-refractivity contribution in [3.05, 3.63) is 65.2 Å². The van der Waals surface area contributed by atoms with Gasteiger partial charge < -0.3 is 20.0 Å². The van der Waals surface area contributed by atoms with Crippen molar-refractivity contribution in [1.82, 2.24) is 15.1 Å². The van der Waals surface area contributed by atoms with Crippen LogP contribution in [0, 0.1) is 6.92 Å². The SMILES string of the molecule is CNC(=O)N1CCC[C@@H](c2cccc(C(=O)N3CCN(c4ccccc4C)CC3)c2)C1. The van der Waals surface area contributed by atoms with Crippen molar-refractivity contribution >= 4 is 17.6 Å². The zero-order valence-corrected chi connectivity index (χ0v) is 18.5. The van der Waals surface area contributed by atoms with Crippen LogP contribution in [0.3, 0.4) is 0 Å². The van der Waals surface area contributed by atoms with Crippen LogP contribution >= 0.6 is 0 Å². The van der Waals surface area contributed by atoms with Gasteiger partial charge in [0.15, 0.2) is 0 Å². The lowest BCUT2D eigenvalue weighted by Gasteiger charge is -2.37. The van der Waals surface area contributed by atoms with Gasteiger partial charge in [0.2, 0.25) is 0 Å². The van der Waals surface area contributed by atoms with Gasteiger partial charge >= 0.3 is 6.03 Å². The second kappa shape index (κ2) is 9.41. The molecule has 2 aromatic carbocycles. The highest BCUT2D eigenvalue weighted by Gasteiger charge is 2.26. The van der Waals surface area contributed by atoms with Gasteiger partial charge in [0.1, 0.15) is 0 Å². The third kappa shape index (κ3) is 4.68. The Morgan fingerprint density at radius 1 is 0.935 bits per heavy atom. The lowest BCUT2D eigenvalue weighted by molar-refractivity contribution is 0.0746. The number of hydrogen-bond acceptors (Lipinski definition) is 3. The lowest BCUT2D eigenvalue weighted by Crippen LogP contribution is -2.49. The summed E-state index contributed by atoms with van der Waals surface area (Å²) in [5, 5.41) is 2.72. The van der Waals surface area contributed by atoms with E-state index >= 15 is 0 Å². The summed E-state index contributed by atoms with van der Waals surface area (Å²) in [6, 6.07) is 16.4. The fraction of sp³-hybridized carbons (Fsp3) is 0.440. The van der Waals surface area contributed by atoms with E-state index in [0.29, 0.717) is 6.54 Å². The van der Waals surface area contributed by atoms with Crippen LogP contribution in [0.4, 0.5) is 10.5 Å². The maximum Gasteiger partial charge on any atom is 0.317 e. The van der Waals surface area contributed by atoms with E-state index < -0.39 is 0 Å². The standard InChI is InChI=1S/C25H32N4O2/c1-19-7-3-4-11-23(19)27-13-15-28(16-14-27)24(30)21-9-5-8-20(17-21)22-10-6-12-29(18-22)25(31)26-2/h3-5,7-9,11,17,22H,6,10,12-16,18H2,1-2H3,(H,26,31)/t22-/m1/s1. The van der Waals surface area contributed by atoms with Gasteiger partial charge in [0, 0.05) is 63.5 Å². The predicted molar refractivity (Wildman–Crippen MR) is 124 cm³/mol. The van der Waals surface area contributed by atoms with E-state index in [1.807, 2.05) is 28.0 Å². The smallest absolute Gasteiger partial charge is 0.317 e. The predicted octanol–water partition coefficient (Wildman–Crippen LogP) is 3.48. The number of likely N-dealkylation sites (tertiary alicyclic amines) is 1. The van der Waals surface area contributed by atoms with Crippen molar-refractivity contribution in [2.45, 2.75) is 25.7 Å². The van der Waals surface area contributed by atoms with Crippen LogP contribution in [-0.2, 0) is 0 Å². The Bertz CT molecular complexity index is 937. The van der Waals surface area contributed by atoms with E-state index in [9.17, 15) is 9.59 Å². The van der Waals surface area contributed by atoms with Gasteiger partial charge in [-0.2, -0.15) is 0 Å². The highest BCUT2D eigenvalue weighted by atomic mass is 16.2. The number of piperidine rings is 1. The van der Waals surface area contributed by atoms with E-state index in [2.05, 4.69) is 47.5 Å². The summed E-state index contributed by atoms with van der Waals surface area (Å²) in [5.41, 5.74) is 4.43. The van der Waals surface area contributed by atoms with Gasteiger partial charge in [-0.3, -0.25) is 4.79 Å². The number of para-hydroxylation sites is 1. The molecular formula is C25H32N4O2. The number of hydrogen-bond donors (Lipinski definition) is 1. The van der Waals surface area contributed by atoms with Crippen LogP contribution in [0.1, 0.15) is 40.2 Å². The summed E-state index contributed by atoms with van der Waals surface area (Å²) in [6.45, 7) is 6.78. The Kier molecular flexibility index (Phi) is 6.44. The van der Waals surface area contributed by atoms with Gasteiger partial charge in [-0.1, -0.05) is 30.3 Å². The second-order valence-corrected chi connectivity index (χ2v) is 8.53. The van der Waals surface area contributed by atoms with E-state index in [0.717, 1.165) is 56.7 Å². The molecule has 31 heavy (non-hydrogen) atoms. The Hall–Kier alpha value is -3.02. The monoisotopic (exact) mass is 420 g/mol. The maximum absolute atomic E-state index is 13.2. The van der Waals surface area contributed by atoms with E-state index in [1.165, 1.54) is 11.3 Å². The van der Waals surface area contributed by atoms with E-state index in [1.54, 1.807) is 7.05 Å². The molecule has 0 unspecified atom stereocenters. The summed E-state index contributed by atoms with van der Waals surface area (Å²) in [4.78, 5) is 31.4. The molecule has 2 fully saturated rings. The summed E-state index contributed by atoms with van der Waals surface area (Å²) in [6.07, 6.45) is 2.03. The first-order valence-electron chi connectivity index (χ1n) is 11.2. The maximum atomic E-state index is 13.2. The Labute approximate surface area is 184 Å². The molecule has 2 aliphatic heterocycles. The molecule has 164 valence electrons. The molecule has 0 spiro atoms. The molecule has 0 radical (unpaired) electrons. The average molecular weight is 421 g/mol. The topological polar surface area (TPSA) is 55.9 Å². The van der Waals surface area contributed by atoms with Gasteiger partial charge in [-0.25, -0.2) is 4.79 Å². The fourth-order valence-electron chi connectivity index (χ4n) is 4.77. The molecule has 4 rings (SSSR count). The quantitative estimate of drug-likeness (QED) is 0.827. The van der Waals surface area contributed by atoms with Crippen molar-refractivity contribution in [2.24, 2.45) is 0 Å². The molecule has 0 aliphatic carbocycles. The number of piperazine rings is 1. The number of nitrogens with zero attached hydrogens (tertiary/aromatic N) is 3. The molecule has 6 heteroatoms. The summed E-state index contributed by atoms with van der Waals surface area (Å²) >= 11 is 0. The minimum atomic E-state index is -0.0246. The zero-order valence-electron chi connectivity index (χ0n) is 18.5. The van der Waals surface area contributed by atoms with Crippen LogP contribution in [0.2, 0.25) is 0 Å². The summed E-state index contributed by atoms with van der Waals surface area (Å²) in [7, 11) is 1.67. The van der Waals surface area contributed by atoms with Crippen LogP contribution in [-0.4, -0.2) is 68.1 Å². The highest BCUT2D eigenvalue weighted by molar-refractivity contribution is 5.94. The van der Waals surface area contributed by atoms with Crippen LogP contribution in [0.5, 0.6) is 0 Å². The summed E-state index contributed by atoms with van der Waals surface area (Å²) < 4.78 is 0. The number of carbonyl (C=O) groups is 2. The van der Waals surface area contributed by atoms with Crippen LogP contribution in [0.15, 0.2) is 48.5 Å². The van der Waals surface area contributed by atoms with Gasteiger partial charge in [0.05, 0.1) is 0 Å². The van der Waals surface area contributed by atoms with E-state index in [4.69, 9.17) is 0 Å². The first kappa shape index (κ1) is 21.2. The molecule has 3 amide bonds. The fourth-order valence-corrected chi connectivity index (χ4v) is 4.77. The molecular weight excluding hydrogens is 388 g/mol. The highest BCUT2D eigenvalue weighted by Crippen LogP contribution is 2.28. The average Bonchev–Trinajstić information content (AvgIpc) is 2.83. The van der Waals surface area contributed by atoms with Crippen molar-refractivity contribution in [3.63, 3.8) is 0 Å². The molecule has 2 heterocycles. The molecule has 2 aromatic rings. The van der Waals surface area contributed by atoms with Crippen LogP contribution < -0.4 is 10.2 Å². The lowest BCUT2D eigenvalue weighted by atomic mass is 9.89. The Morgan fingerprint density at radius 3 is 2.45 bits per heavy atom. The third-order valence-corrected chi connectivity index (χ3v) is 6.55. The minimum Gasteiger partial charge on any atom is -0.368 e. The first-order valence-corrected chi connectivity index (χ1v) is 11.2. The van der Waals surface area contributed by atoms with Crippen molar-refractivity contribution in [2.75, 3.05) is 51.2 Å². The second-order valence-electron chi connectivity index (χ2n) is 8.53. The molecule has 2 aliphatic rings. The Balaban J connectivity index is 1.41. The molecule has 6 nitrogen and oxygen atoms in total. The van der Waals surface area contributed by atoms with Gasteiger partial charge in [0.25, 0.3) is 5.91 Å². The molecule has 1 N–H and O–H groups in total. The number of carbonyl (C=O) groups excluding carboxylic acids is 2. The van der Waals surface area contributed by atoms with Gasteiger partial charge in [-0.05, 0) is 49.1 Å². The molecule has 1 atom stereocenters. The first-order chi connectivity index (χ1) is 15.1. The number of nitrogens with one attached hydrogen (secondary N) is 1. The molecule has 2 saturated heterocycles. The van der Waals surface area contributed by atoms with Crippen LogP contribution in [0.25, 0.3) is 0 Å². The van der Waals surface area contributed by atoms with Gasteiger partial charge in [-0.15, -0.1) is 0 Å². The van der Waals surface area contributed by atoms with E-state index in [-0.39, 0.29) is 17.9 Å². The molecule has 0 saturated carbocycles. The normalized spacial score (nSPS) is 19.3. The number of anilines is 1.